The third-order valence-corrected chi connectivity index (χ3v) is 3.97. The number of rotatable bonds is 3. The molecule has 0 spiro atoms. The van der Waals surface area contributed by atoms with Gasteiger partial charge in [0.25, 0.3) is 5.91 Å². The van der Waals surface area contributed by atoms with Gasteiger partial charge < -0.3 is 11.1 Å². The van der Waals surface area contributed by atoms with Crippen molar-refractivity contribution in [2.45, 2.75) is 13.5 Å². The van der Waals surface area contributed by atoms with Gasteiger partial charge in [-0.1, -0.05) is 15.9 Å². The summed E-state index contributed by atoms with van der Waals surface area (Å²) in [6, 6.07) is 9.31. The summed E-state index contributed by atoms with van der Waals surface area (Å²) in [5.41, 5.74) is 6.79. The summed E-state index contributed by atoms with van der Waals surface area (Å²) in [6.45, 7) is 2.58. The molecule has 0 fully saturated rings. The van der Waals surface area contributed by atoms with E-state index in [4.69, 9.17) is 5.73 Å². The highest BCUT2D eigenvalue weighted by Gasteiger charge is 2.09. The maximum absolute atomic E-state index is 12.0. The topological polar surface area (TPSA) is 55.1 Å². The molecule has 1 heterocycles. The number of thiophene rings is 1. The lowest BCUT2D eigenvalue weighted by atomic mass is 10.1. The predicted octanol–water partition coefficient (Wildman–Crippen LogP) is 3.33. The van der Waals surface area contributed by atoms with E-state index in [1.165, 1.54) is 4.88 Å². The van der Waals surface area contributed by atoms with Crippen molar-refractivity contribution in [1.82, 2.24) is 5.32 Å². The van der Waals surface area contributed by atoms with Crippen LogP contribution in [0.2, 0.25) is 0 Å². The molecule has 1 aromatic carbocycles. The van der Waals surface area contributed by atoms with Gasteiger partial charge in [0.2, 0.25) is 0 Å². The van der Waals surface area contributed by atoms with E-state index in [1.807, 2.05) is 19.1 Å². The van der Waals surface area contributed by atoms with Gasteiger partial charge in [0.15, 0.2) is 0 Å². The molecular weight excluding hydrogens is 312 g/mol. The number of amides is 1. The van der Waals surface area contributed by atoms with Crippen LogP contribution < -0.4 is 11.1 Å². The van der Waals surface area contributed by atoms with Crippen LogP contribution in [0.1, 0.15) is 20.1 Å². The average molecular weight is 325 g/mol. The first-order chi connectivity index (χ1) is 8.56. The summed E-state index contributed by atoms with van der Waals surface area (Å²) in [6.07, 6.45) is 0. The fraction of sp³-hybridized carbons (Fsp3) is 0.154. The number of hydrogen-bond donors (Lipinski definition) is 2. The third-order valence-electron chi connectivity index (χ3n) is 2.48. The Kier molecular flexibility index (Phi) is 4.04. The van der Waals surface area contributed by atoms with Gasteiger partial charge in [-0.25, -0.2) is 0 Å². The molecule has 0 atom stereocenters. The highest BCUT2D eigenvalue weighted by atomic mass is 79.9. The zero-order chi connectivity index (χ0) is 13.1. The number of carbonyl (C=O) groups excluding carboxylic acids is 1. The van der Waals surface area contributed by atoms with Crippen LogP contribution in [0.4, 0.5) is 5.69 Å². The van der Waals surface area contributed by atoms with E-state index in [-0.39, 0.29) is 5.91 Å². The van der Waals surface area contributed by atoms with Crippen LogP contribution in [-0.2, 0) is 6.54 Å². The molecule has 3 nitrogen and oxygen atoms in total. The number of anilines is 1. The Hall–Kier alpha value is -1.33. The summed E-state index contributed by atoms with van der Waals surface area (Å²) < 4.78 is 0.866. The van der Waals surface area contributed by atoms with Gasteiger partial charge in [0, 0.05) is 19.9 Å². The van der Waals surface area contributed by atoms with E-state index in [0.29, 0.717) is 17.8 Å². The first-order valence-corrected chi connectivity index (χ1v) is 7.06. The van der Waals surface area contributed by atoms with E-state index in [1.54, 1.807) is 29.5 Å². The zero-order valence-electron chi connectivity index (χ0n) is 9.87. The molecule has 0 saturated heterocycles. The Bertz CT molecular complexity index is 580. The first kappa shape index (κ1) is 13.1. The van der Waals surface area contributed by atoms with Gasteiger partial charge in [-0.05, 0) is 37.3 Å². The molecule has 0 unspecified atom stereocenters. The number of halogens is 1. The third kappa shape index (κ3) is 3.11. The smallest absolute Gasteiger partial charge is 0.253 e. The van der Waals surface area contributed by atoms with Crippen molar-refractivity contribution < 1.29 is 4.79 Å². The van der Waals surface area contributed by atoms with Crippen molar-refractivity contribution in [3.63, 3.8) is 0 Å². The number of benzene rings is 1. The summed E-state index contributed by atoms with van der Waals surface area (Å²) >= 11 is 4.99. The lowest BCUT2D eigenvalue weighted by Gasteiger charge is -2.06. The van der Waals surface area contributed by atoms with Gasteiger partial charge in [-0.3, -0.25) is 4.79 Å². The highest BCUT2D eigenvalue weighted by Crippen LogP contribution is 2.19. The Morgan fingerprint density at radius 3 is 2.78 bits per heavy atom. The minimum absolute atomic E-state index is 0.147. The molecule has 1 aromatic heterocycles. The van der Waals surface area contributed by atoms with E-state index < -0.39 is 0 Å². The van der Waals surface area contributed by atoms with Crippen LogP contribution in [0.15, 0.2) is 34.8 Å². The second-order valence-corrected chi connectivity index (χ2v) is 6.21. The van der Waals surface area contributed by atoms with Crippen LogP contribution in [0.5, 0.6) is 0 Å². The molecule has 2 aromatic rings. The molecular formula is C13H13BrN2OS. The normalized spacial score (nSPS) is 10.3. The Morgan fingerprint density at radius 1 is 1.39 bits per heavy atom. The molecule has 0 aliphatic carbocycles. The van der Waals surface area contributed by atoms with Gasteiger partial charge in [-0.15, -0.1) is 11.3 Å². The van der Waals surface area contributed by atoms with Crippen LogP contribution >= 0.6 is 27.3 Å². The van der Waals surface area contributed by atoms with Gasteiger partial charge in [0.1, 0.15) is 0 Å². The van der Waals surface area contributed by atoms with Gasteiger partial charge in [-0.2, -0.15) is 0 Å². The molecule has 0 radical (unpaired) electrons. The maximum atomic E-state index is 12.0. The lowest BCUT2D eigenvalue weighted by Crippen LogP contribution is -2.23. The van der Waals surface area contributed by atoms with E-state index in [0.717, 1.165) is 9.35 Å². The molecule has 0 aliphatic heterocycles. The van der Waals surface area contributed by atoms with Crippen LogP contribution in [0.3, 0.4) is 0 Å². The van der Waals surface area contributed by atoms with Crippen LogP contribution in [-0.4, -0.2) is 5.91 Å². The molecule has 0 saturated carbocycles. The largest absolute Gasteiger partial charge is 0.398 e. The van der Waals surface area contributed by atoms with Crippen LogP contribution in [0.25, 0.3) is 0 Å². The van der Waals surface area contributed by atoms with Crippen LogP contribution in [0, 0.1) is 6.92 Å². The maximum Gasteiger partial charge on any atom is 0.253 e. The number of nitrogen functional groups attached to an aromatic ring is 1. The molecule has 5 heteroatoms. The SMILES string of the molecule is Cc1ccc(CNC(=O)c2ccc(Br)cc2N)s1. The molecule has 18 heavy (non-hydrogen) atoms. The second-order valence-electron chi connectivity index (χ2n) is 3.93. The first-order valence-electron chi connectivity index (χ1n) is 5.45. The quantitative estimate of drug-likeness (QED) is 0.851. The van der Waals surface area contributed by atoms with Crippen molar-refractivity contribution in [2.75, 3.05) is 5.73 Å². The van der Waals surface area contributed by atoms with E-state index >= 15 is 0 Å². The number of hydrogen-bond acceptors (Lipinski definition) is 3. The number of carbonyl (C=O) groups is 1. The monoisotopic (exact) mass is 324 g/mol. The van der Waals surface area contributed by atoms with Gasteiger partial charge >= 0.3 is 0 Å². The van der Waals surface area contributed by atoms with Crippen molar-refractivity contribution in [2.24, 2.45) is 0 Å². The molecule has 2 rings (SSSR count). The van der Waals surface area contributed by atoms with E-state index in [2.05, 4.69) is 21.2 Å². The van der Waals surface area contributed by atoms with Crippen molar-refractivity contribution in [1.29, 1.82) is 0 Å². The highest BCUT2D eigenvalue weighted by molar-refractivity contribution is 9.10. The Balaban J connectivity index is 2.03. The Labute approximate surface area is 118 Å². The predicted molar refractivity (Wildman–Crippen MR) is 78.8 cm³/mol. The Morgan fingerprint density at radius 2 is 2.17 bits per heavy atom. The van der Waals surface area contributed by atoms with Crippen molar-refractivity contribution >= 4 is 38.9 Å². The summed E-state index contributed by atoms with van der Waals surface area (Å²) in [5, 5.41) is 2.87. The minimum atomic E-state index is -0.147. The van der Waals surface area contributed by atoms with Gasteiger partial charge in [0.05, 0.1) is 12.1 Å². The summed E-state index contributed by atoms with van der Waals surface area (Å²) in [7, 11) is 0. The number of aryl methyl sites for hydroxylation is 1. The van der Waals surface area contributed by atoms with E-state index in [9.17, 15) is 4.79 Å². The van der Waals surface area contributed by atoms with Crippen molar-refractivity contribution in [3.05, 3.63) is 50.1 Å². The molecule has 0 bridgehead atoms. The molecule has 3 N–H and O–H groups in total. The fourth-order valence-corrected chi connectivity index (χ4v) is 2.79. The minimum Gasteiger partial charge on any atom is -0.398 e. The average Bonchev–Trinajstić information content (AvgIpc) is 2.72. The standard InChI is InChI=1S/C13H13BrN2OS/c1-8-2-4-10(18-8)7-16-13(17)11-5-3-9(14)6-12(11)15/h2-6H,7,15H2,1H3,(H,16,17). The summed E-state index contributed by atoms with van der Waals surface area (Å²) in [4.78, 5) is 14.3. The second kappa shape index (κ2) is 5.54. The molecule has 0 aliphatic rings. The molecule has 1 amide bonds. The zero-order valence-corrected chi connectivity index (χ0v) is 12.3. The fourth-order valence-electron chi connectivity index (χ4n) is 1.58. The van der Waals surface area contributed by atoms with Crippen molar-refractivity contribution in [3.8, 4) is 0 Å². The number of nitrogens with two attached hydrogens (primary N) is 1. The summed E-state index contributed by atoms with van der Waals surface area (Å²) in [5.74, 6) is -0.147. The molecule has 94 valence electrons. The number of nitrogens with one attached hydrogen (secondary N) is 1. The lowest BCUT2D eigenvalue weighted by molar-refractivity contribution is 0.0952.